The third-order valence-corrected chi connectivity index (χ3v) is 4.41. The van der Waals surface area contributed by atoms with Gasteiger partial charge in [-0.3, -0.25) is 4.79 Å². The Bertz CT molecular complexity index is 1030. The highest BCUT2D eigenvalue weighted by atomic mass is 32.1. The lowest BCUT2D eigenvalue weighted by atomic mass is 10.0. The van der Waals surface area contributed by atoms with Gasteiger partial charge in [0.05, 0.1) is 10.9 Å². The molecular formula is C17H10O3S. The van der Waals surface area contributed by atoms with Crippen LogP contribution >= 0.6 is 11.3 Å². The Balaban J connectivity index is 1.99. The van der Waals surface area contributed by atoms with Crippen molar-refractivity contribution >= 4 is 32.4 Å². The molecule has 21 heavy (non-hydrogen) atoms. The number of phenols is 1. The Kier molecular flexibility index (Phi) is 2.59. The first-order valence-corrected chi connectivity index (χ1v) is 7.32. The van der Waals surface area contributed by atoms with Crippen molar-refractivity contribution in [3.8, 4) is 16.9 Å². The van der Waals surface area contributed by atoms with E-state index >= 15 is 0 Å². The first-order chi connectivity index (χ1) is 10.2. The number of phenolic OH excluding ortho intramolecular Hbond substituents is 1. The maximum atomic E-state index is 12.6. The highest BCUT2D eigenvalue weighted by Gasteiger charge is 2.10. The van der Waals surface area contributed by atoms with E-state index in [-0.39, 0.29) is 11.2 Å². The average molecular weight is 294 g/mol. The molecule has 1 N–H and O–H groups in total. The first-order valence-electron chi connectivity index (χ1n) is 6.44. The summed E-state index contributed by atoms with van der Waals surface area (Å²) in [6.07, 6.45) is 1.46. The predicted octanol–water partition coefficient (Wildman–Crippen LogP) is 4.38. The van der Waals surface area contributed by atoms with Crippen molar-refractivity contribution in [2.75, 3.05) is 0 Å². The summed E-state index contributed by atoms with van der Waals surface area (Å²) in [6, 6.07) is 12.5. The largest absolute Gasteiger partial charge is 0.508 e. The fourth-order valence-corrected chi connectivity index (χ4v) is 3.27. The molecule has 0 unspecified atom stereocenters. The van der Waals surface area contributed by atoms with Gasteiger partial charge in [-0.2, -0.15) is 0 Å². The Hall–Kier alpha value is -2.59. The fraction of sp³-hybridized carbons (Fsp3) is 0. The summed E-state index contributed by atoms with van der Waals surface area (Å²) in [5.41, 5.74) is 1.67. The summed E-state index contributed by atoms with van der Waals surface area (Å²) in [5.74, 6) is 0.0819. The molecule has 4 heteroatoms. The summed E-state index contributed by atoms with van der Waals surface area (Å²) in [7, 11) is 0. The number of rotatable bonds is 1. The number of fused-ring (bicyclic) bond motifs is 2. The molecule has 0 spiro atoms. The van der Waals surface area contributed by atoms with Gasteiger partial charge in [-0.05, 0) is 40.6 Å². The third kappa shape index (κ3) is 1.92. The molecule has 0 fully saturated rings. The Morgan fingerprint density at radius 3 is 2.86 bits per heavy atom. The second kappa shape index (κ2) is 4.46. The van der Waals surface area contributed by atoms with Crippen LogP contribution in [0.25, 0.3) is 32.2 Å². The summed E-state index contributed by atoms with van der Waals surface area (Å²) >= 11 is 1.64. The molecule has 0 saturated heterocycles. The van der Waals surface area contributed by atoms with E-state index in [1.807, 2.05) is 23.6 Å². The van der Waals surface area contributed by atoms with E-state index in [4.69, 9.17) is 4.42 Å². The van der Waals surface area contributed by atoms with E-state index in [0.717, 1.165) is 10.3 Å². The van der Waals surface area contributed by atoms with Crippen LogP contribution in [0.3, 0.4) is 0 Å². The number of hydrogen-bond acceptors (Lipinski definition) is 4. The molecule has 0 aliphatic heterocycles. The normalized spacial score (nSPS) is 11.2. The van der Waals surface area contributed by atoms with Crippen LogP contribution in [0.15, 0.2) is 63.3 Å². The third-order valence-electron chi connectivity index (χ3n) is 3.53. The number of hydrogen-bond donors (Lipinski definition) is 1. The van der Waals surface area contributed by atoms with Gasteiger partial charge in [-0.25, -0.2) is 0 Å². The van der Waals surface area contributed by atoms with Crippen LogP contribution in [-0.4, -0.2) is 5.11 Å². The molecule has 0 radical (unpaired) electrons. The summed E-state index contributed by atoms with van der Waals surface area (Å²) in [6.45, 7) is 0. The number of benzene rings is 2. The predicted molar refractivity (Wildman–Crippen MR) is 85.0 cm³/mol. The molecule has 0 amide bonds. The van der Waals surface area contributed by atoms with Gasteiger partial charge in [0.15, 0.2) is 5.43 Å². The van der Waals surface area contributed by atoms with Gasteiger partial charge in [0.1, 0.15) is 17.6 Å². The lowest BCUT2D eigenvalue weighted by Gasteiger charge is -2.03. The van der Waals surface area contributed by atoms with Crippen LogP contribution in [-0.2, 0) is 0 Å². The van der Waals surface area contributed by atoms with Crippen molar-refractivity contribution in [1.82, 2.24) is 0 Å². The van der Waals surface area contributed by atoms with Crippen molar-refractivity contribution in [3.63, 3.8) is 0 Å². The maximum Gasteiger partial charge on any atom is 0.200 e. The van der Waals surface area contributed by atoms with E-state index in [2.05, 4.69) is 6.07 Å². The summed E-state index contributed by atoms with van der Waals surface area (Å²) in [4.78, 5) is 12.6. The zero-order valence-electron chi connectivity index (χ0n) is 10.9. The molecule has 0 aliphatic carbocycles. The SMILES string of the molecule is O=c1c(-c2ccc3ccsc3c2)coc2cc(O)ccc12. The Morgan fingerprint density at radius 1 is 1.05 bits per heavy atom. The molecule has 2 heterocycles. The number of thiophene rings is 1. The molecule has 102 valence electrons. The van der Waals surface area contributed by atoms with Crippen molar-refractivity contribution in [1.29, 1.82) is 0 Å². The second-order valence-electron chi connectivity index (χ2n) is 4.83. The van der Waals surface area contributed by atoms with Crippen LogP contribution in [0.4, 0.5) is 0 Å². The minimum Gasteiger partial charge on any atom is -0.508 e. The van der Waals surface area contributed by atoms with Gasteiger partial charge in [0.2, 0.25) is 0 Å². The molecule has 3 nitrogen and oxygen atoms in total. The van der Waals surface area contributed by atoms with Crippen molar-refractivity contribution in [2.45, 2.75) is 0 Å². The first kappa shape index (κ1) is 12.2. The molecular weight excluding hydrogens is 284 g/mol. The van der Waals surface area contributed by atoms with Gasteiger partial charge in [-0.1, -0.05) is 12.1 Å². The molecule has 2 aromatic carbocycles. The quantitative estimate of drug-likeness (QED) is 0.567. The molecule has 4 rings (SSSR count). The number of aromatic hydroxyl groups is 1. The van der Waals surface area contributed by atoms with Crippen LogP contribution in [0.5, 0.6) is 5.75 Å². The van der Waals surface area contributed by atoms with Crippen molar-refractivity contribution < 1.29 is 9.52 Å². The molecule has 4 aromatic rings. The van der Waals surface area contributed by atoms with Crippen molar-refractivity contribution in [2.24, 2.45) is 0 Å². The van der Waals surface area contributed by atoms with Crippen LogP contribution in [0.1, 0.15) is 0 Å². The van der Waals surface area contributed by atoms with E-state index in [9.17, 15) is 9.90 Å². The van der Waals surface area contributed by atoms with E-state index in [1.54, 1.807) is 17.4 Å². The van der Waals surface area contributed by atoms with Gasteiger partial charge in [0.25, 0.3) is 0 Å². The summed E-state index contributed by atoms with van der Waals surface area (Å²) < 4.78 is 6.63. The van der Waals surface area contributed by atoms with E-state index in [1.165, 1.54) is 23.8 Å². The van der Waals surface area contributed by atoms with Gasteiger partial charge in [0, 0.05) is 10.8 Å². The minimum absolute atomic E-state index is 0.0819. The van der Waals surface area contributed by atoms with E-state index < -0.39 is 0 Å². The highest BCUT2D eigenvalue weighted by Crippen LogP contribution is 2.27. The lowest BCUT2D eigenvalue weighted by molar-refractivity contribution is 0.474. The zero-order valence-corrected chi connectivity index (χ0v) is 11.7. The van der Waals surface area contributed by atoms with Crippen LogP contribution in [0.2, 0.25) is 0 Å². The monoisotopic (exact) mass is 294 g/mol. The van der Waals surface area contributed by atoms with Crippen molar-refractivity contribution in [3.05, 3.63) is 64.3 Å². The molecule has 0 atom stereocenters. The van der Waals surface area contributed by atoms with E-state index in [0.29, 0.717) is 16.5 Å². The fourth-order valence-electron chi connectivity index (χ4n) is 2.44. The Morgan fingerprint density at radius 2 is 1.95 bits per heavy atom. The van der Waals surface area contributed by atoms with Gasteiger partial charge >= 0.3 is 0 Å². The topological polar surface area (TPSA) is 50.4 Å². The van der Waals surface area contributed by atoms with Crippen LogP contribution < -0.4 is 5.43 Å². The van der Waals surface area contributed by atoms with Crippen LogP contribution in [0, 0.1) is 0 Å². The lowest BCUT2D eigenvalue weighted by Crippen LogP contribution is -2.04. The standard InChI is InChI=1S/C17H10O3S/c18-12-3-4-13-15(8-12)20-9-14(17(13)19)11-2-1-10-5-6-21-16(10)7-11/h1-9,18H. The average Bonchev–Trinajstić information content (AvgIpc) is 2.95. The Labute approximate surface area is 123 Å². The smallest absolute Gasteiger partial charge is 0.200 e. The zero-order chi connectivity index (χ0) is 14.4. The highest BCUT2D eigenvalue weighted by molar-refractivity contribution is 7.17. The molecule has 0 saturated carbocycles. The molecule has 0 bridgehead atoms. The summed E-state index contributed by atoms with van der Waals surface area (Å²) in [5, 5.41) is 13.1. The van der Waals surface area contributed by atoms with Gasteiger partial charge < -0.3 is 9.52 Å². The van der Waals surface area contributed by atoms with Gasteiger partial charge in [-0.15, -0.1) is 11.3 Å². The molecule has 2 aromatic heterocycles. The second-order valence-corrected chi connectivity index (χ2v) is 5.78. The molecule has 0 aliphatic rings. The maximum absolute atomic E-state index is 12.6. The minimum atomic E-state index is -0.0906.